The summed E-state index contributed by atoms with van der Waals surface area (Å²) >= 11 is 0. The molecule has 0 amide bonds. The van der Waals surface area contributed by atoms with E-state index < -0.39 is 17.6 Å². The maximum atomic E-state index is 11.9. The first-order valence-corrected chi connectivity index (χ1v) is 5.97. The zero-order chi connectivity index (χ0) is 13.2. The summed E-state index contributed by atoms with van der Waals surface area (Å²) in [7, 11) is 1.36. The molecule has 0 aromatic heterocycles. The molecule has 0 fully saturated rings. The van der Waals surface area contributed by atoms with Crippen LogP contribution in [0, 0.1) is 0 Å². The monoisotopic (exact) mass is 247 g/mol. The Kier molecular flexibility index (Phi) is 3.48. The topological polar surface area (TPSA) is 47.9 Å². The lowest BCUT2D eigenvalue weighted by Gasteiger charge is -2.30. The van der Waals surface area contributed by atoms with E-state index in [0.29, 0.717) is 6.61 Å². The van der Waals surface area contributed by atoms with Crippen LogP contribution >= 0.6 is 0 Å². The fourth-order valence-electron chi connectivity index (χ4n) is 2.29. The van der Waals surface area contributed by atoms with Crippen LogP contribution in [-0.2, 0) is 19.8 Å². The Labute approximate surface area is 107 Å². The minimum absolute atomic E-state index is 0.395. The van der Waals surface area contributed by atoms with E-state index in [0.717, 1.165) is 11.1 Å². The molecule has 0 N–H and O–H groups in total. The van der Waals surface area contributed by atoms with Crippen molar-refractivity contribution in [1.82, 2.24) is 0 Å². The van der Waals surface area contributed by atoms with Gasteiger partial charge in [0.2, 0.25) is 0 Å². The van der Waals surface area contributed by atoms with Crippen molar-refractivity contribution >= 4 is 12.2 Å². The second-order valence-corrected chi connectivity index (χ2v) is 4.35. The zero-order valence-electron chi connectivity index (χ0n) is 10.8. The molecule has 2 atom stereocenters. The largest absolute Gasteiger partial charge is 0.467 e. The van der Waals surface area contributed by atoms with Gasteiger partial charge in [-0.3, -0.25) is 4.99 Å². The number of carbonyl (C=O) groups excluding carboxylic acids is 1. The predicted molar refractivity (Wildman–Crippen MR) is 68.8 cm³/mol. The molecule has 0 aliphatic carbocycles. The van der Waals surface area contributed by atoms with Gasteiger partial charge in [-0.25, -0.2) is 4.79 Å². The van der Waals surface area contributed by atoms with Crippen LogP contribution in [-0.4, -0.2) is 32.0 Å². The van der Waals surface area contributed by atoms with Crippen molar-refractivity contribution in [1.29, 1.82) is 0 Å². The summed E-state index contributed by atoms with van der Waals surface area (Å²) < 4.78 is 10.4. The highest BCUT2D eigenvalue weighted by Crippen LogP contribution is 2.37. The first kappa shape index (κ1) is 12.8. The molecule has 4 nitrogen and oxygen atoms in total. The average molecular weight is 247 g/mol. The summed E-state index contributed by atoms with van der Waals surface area (Å²) in [5, 5.41) is 0. The molecular formula is C14H17NO3. The standard InChI is InChI=1S/C14H17NO3/c1-4-18-12(13(16)17-3)14(2)11-8-6-5-7-10(11)9-15-14/h5-9,12H,4H2,1-3H3. The molecule has 0 saturated carbocycles. The summed E-state index contributed by atoms with van der Waals surface area (Å²) in [5.74, 6) is -0.395. The molecule has 1 heterocycles. The number of nitrogens with zero attached hydrogens (tertiary/aromatic N) is 1. The second-order valence-electron chi connectivity index (χ2n) is 4.35. The van der Waals surface area contributed by atoms with Crippen molar-refractivity contribution in [2.24, 2.45) is 4.99 Å². The van der Waals surface area contributed by atoms with Gasteiger partial charge in [-0.15, -0.1) is 0 Å². The summed E-state index contributed by atoms with van der Waals surface area (Å²) in [5.41, 5.74) is 1.31. The zero-order valence-corrected chi connectivity index (χ0v) is 10.8. The van der Waals surface area contributed by atoms with E-state index in [4.69, 9.17) is 9.47 Å². The van der Waals surface area contributed by atoms with Gasteiger partial charge in [0.25, 0.3) is 0 Å². The normalized spacial score (nSPS) is 22.6. The van der Waals surface area contributed by atoms with Gasteiger partial charge < -0.3 is 9.47 Å². The number of fused-ring (bicyclic) bond motifs is 1. The lowest BCUT2D eigenvalue weighted by molar-refractivity contribution is -0.158. The van der Waals surface area contributed by atoms with Crippen molar-refractivity contribution < 1.29 is 14.3 Å². The number of hydrogen-bond donors (Lipinski definition) is 0. The lowest BCUT2D eigenvalue weighted by atomic mass is 9.86. The van der Waals surface area contributed by atoms with E-state index in [1.165, 1.54) is 7.11 Å². The third-order valence-corrected chi connectivity index (χ3v) is 3.24. The molecule has 4 heteroatoms. The second kappa shape index (κ2) is 4.90. The van der Waals surface area contributed by atoms with Crippen LogP contribution in [0.3, 0.4) is 0 Å². The van der Waals surface area contributed by atoms with E-state index >= 15 is 0 Å². The predicted octanol–water partition coefficient (Wildman–Crippen LogP) is 1.91. The Hall–Kier alpha value is -1.68. The van der Waals surface area contributed by atoms with Gasteiger partial charge in [-0.05, 0) is 25.0 Å². The molecule has 96 valence electrons. The van der Waals surface area contributed by atoms with Crippen LogP contribution in [0.25, 0.3) is 0 Å². The van der Waals surface area contributed by atoms with Crippen LogP contribution in [0.2, 0.25) is 0 Å². The number of esters is 1. The molecule has 0 spiro atoms. The van der Waals surface area contributed by atoms with E-state index in [1.54, 1.807) is 6.21 Å². The Morgan fingerprint density at radius 1 is 1.44 bits per heavy atom. The van der Waals surface area contributed by atoms with Gasteiger partial charge in [0, 0.05) is 12.8 Å². The molecule has 0 saturated heterocycles. The summed E-state index contributed by atoms with van der Waals surface area (Å²) in [6.45, 7) is 4.18. The van der Waals surface area contributed by atoms with Gasteiger partial charge in [0.05, 0.1) is 7.11 Å². The molecule has 1 aliphatic rings. The molecule has 2 unspecified atom stereocenters. The van der Waals surface area contributed by atoms with Crippen LogP contribution in [0.5, 0.6) is 0 Å². The summed E-state index contributed by atoms with van der Waals surface area (Å²) in [4.78, 5) is 16.4. The lowest BCUT2D eigenvalue weighted by Crippen LogP contribution is -2.42. The minimum Gasteiger partial charge on any atom is -0.467 e. The fraction of sp³-hybridized carbons (Fsp3) is 0.429. The molecule has 1 aromatic rings. The van der Waals surface area contributed by atoms with Crippen molar-refractivity contribution in [3.8, 4) is 0 Å². The van der Waals surface area contributed by atoms with Gasteiger partial charge >= 0.3 is 5.97 Å². The highest BCUT2D eigenvalue weighted by Gasteiger charge is 2.45. The Morgan fingerprint density at radius 2 is 2.17 bits per heavy atom. The van der Waals surface area contributed by atoms with Gasteiger partial charge in [-0.2, -0.15) is 0 Å². The van der Waals surface area contributed by atoms with Crippen molar-refractivity contribution in [2.45, 2.75) is 25.5 Å². The highest BCUT2D eigenvalue weighted by atomic mass is 16.6. The third-order valence-electron chi connectivity index (χ3n) is 3.24. The molecule has 0 bridgehead atoms. The number of rotatable bonds is 4. The number of carbonyl (C=O) groups is 1. The number of benzene rings is 1. The first-order valence-electron chi connectivity index (χ1n) is 5.97. The Balaban J connectivity index is 2.42. The Bertz CT molecular complexity index is 484. The van der Waals surface area contributed by atoms with E-state index in [1.807, 2.05) is 38.1 Å². The number of aliphatic imine (C=N–C) groups is 1. The van der Waals surface area contributed by atoms with E-state index in [-0.39, 0.29) is 0 Å². The number of methoxy groups -OCH3 is 1. The van der Waals surface area contributed by atoms with Crippen LogP contribution in [0.1, 0.15) is 25.0 Å². The van der Waals surface area contributed by atoms with Crippen LogP contribution in [0.15, 0.2) is 29.3 Å². The average Bonchev–Trinajstić information content (AvgIpc) is 2.74. The SMILES string of the molecule is CCOC(C(=O)OC)C1(C)N=Cc2ccccc21. The molecule has 1 aromatic carbocycles. The van der Waals surface area contributed by atoms with E-state index in [2.05, 4.69) is 4.99 Å². The van der Waals surface area contributed by atoms with Crippen LogP contribution < -0.4 is 0 Å². The highest BCUT2D eigenvalue weighted by molar-refractivity contribution is 5.88. The maximum absolute atomic E-state index is 11.9. The Morgan fingerprint density at radius 3 is 2.83 bits per heavy atom. The summed E-state index contributed by atoms with van der Waals surface area (Å²) in [6.07, 6.45) is 1.07. The van der Waals surface area contributed by atoms with Gasteiger partial charge in [0.15, 0.2) is 6.10 Å². The molecular weight excluding hydrogens is 230 g/mol. The maximum Gasteiger partial charge on any atom is 0.337 e. The quantitative estimate of drug-likeness (QED) is 0.764. The fourth-order valence-corrected chi connectivity index (χ4v) is 2.29. The third kappa shape index (κ3) is 1.93. The molecule has 18 heavy (non-hydrogen) atoms. The smallest absolute Gasteiger partial charge is 0.337 e. The summed E-state index contributed by atoms with van der Waals surface area (Å²) in [6, 6.07) is 7.83. The minimum atomic E-state index is -0.715. The molecule has 0 radical (unpaired) electrons. The molecule has 1 aliphatic heterocycles. The molecule has 2 rings (SSSR count). The number of hydrogen-bond acceptors (Lipinski definition) is 4. The van der Waals surface area contributed by atoms with Crippen molar-refractivity contribution in [3.63, 3.8) is 0 Å². The van der Waals surface area contributed by atoms with Gasteiger partial charge in [-0.1, -0.05) is 24.3 Å². The number of ether oxygens (including phenoxy) is 2. The van der Waals surface area contributed by atoms with E-state index in [9.17, 15) is 4.79 Å². The first-order chi connectivity index (χ1) is 8.63. The van der Waals surface area contributed by atoms with Gasteiger partial charge in [0.1, 0.15) is 5.54 Å². The van der Waals surface area contributed by atoms with Crippen LogP contribution in [0.4, 0.5) is 0 Å². The van der Waals surface area contributed by atoms with Crippen molar-refractivity contribution in [2.75, 3.05) is 13.7 Å². The van der Waals surface area contributed by atoms with Crippen molar-refractivity contribution in [3.05, 3.63) is 35.4 Å².